The minimum atomic E-state index is -4.51. The van der Waals surface area contributed by atoms with Gasteiger partial charge >= 0.3 is 6.18 Å². The van der Waals surface area contributed by atoms with Gasteiger partial charge in [-0.05, 0) is 36.8 Å². The molecule has 1 aromatic carbocycles. The number of nitrogens with zero attached hydrogens (tertiary/aromatic N) is 1. The number of halogens is 3. The summed E-state index contributed by atoms with van der Waals surface area (Å²) >= 11 is 0. The highest BCUT2D eigenvalue weighted by Crippen LogP contribution is 2.28. The fraction of sp³-hybridized carbons (Fsp3) is 0.143. The highest BCUT2D eigenvalue weighted by atomic mass is 19.4. The smallest absolute Gasteiger partial charge is 0.398 e. The third kappa shape index (κ3) is 3.31. The SMILES string of the molecule is Cc1c(N)cccc1C(=O)Nc1ccc(C(F)(F)F)nc1. The maximum Gasteiger partial charge on any atom is 0.433 e. The van der Waals surface area contributed by atoms with Crippen molar-refractivity contribution in [3.05, 3.63) is 53.3 Å². The molecule has 7 heteroatoms. The quantitative estimate of drug-likeness (QED) is 0.836. The Bertz CT molecular complexity index is 666. The molecule has 1 aromatic heterocycles. The molecular weight excluding hydrogens is 283 g/mol. The lowest BCUT2D eigenvalue weighted by Crippen LogP contribution is -2.15. The van der Waals surface area contributed by atoms with Crippen LogP contribution in [0, 0.1) is 6.92 Å². The summed E-state index contributed by atoms with van der Waals surface area (Å²) in [7, 11) is 0. The van der Waals surface area contributed by atoms with Gasteiger partial charge in [-0.25, -0.2) is 4.98 Å². The number of alkyl halides is 3. The fourth-order valence-corrected chi connectivity index (χ4v) is 1.73. The van der Waals surface area contributed by atoms with Crippen LogP contribution in [-0.4, -0.2) is 10.9 Å². The van der Waals surface area contributed by atoms with Crippen molar-refractivity contribution in [2.45, 2.75) is 13.1 Å². The highest BCUT2D eigenvalue weighted by molar-refractivity contribution is 6.05. The van der Waals surface area contributed by atoms with Crippen LogP contribution in [-0.2, 0) is 6.18 Å². The monoisotopic (exact) mass is 295 g/mol. The van der Waals surface area contributed by atoms with E-state index in [0.29, 0.717) is 16.8 Å². The predicted molar refractivity (Wildman–Crippen MR) is 72.8 cm³/mol. The largest absolute Gasteiger partial charge is 0.433 e. The first-order chi connectivity index (χ1) is 9.79. The topological polar surface area (TPSA) is 68.0 Å². The lowest BCUT2D eigenvalue weighted by Gasteiger charge is -2.10. The van der Waals surface area contributed by atoms with Crippen molar-refractivity contribution in [2.75, 3.05) is 11.1 Å². The lowest BCUT2D eigenvalue weighted by molar-refractivity contribution is -0.141. The van der Waals surface area contributed by atoms with E-state index < -0.39 is 17.8 Å². The zero-order valence-corrected chi connectivity index (χ0v) is 11.0. The van der Waals surface area contributed by atoms with Gasteiger partial charge in [-0.15, -0.1) is 0 Å². The van der Waals surface area contributed by atoms with Crippen molar-refractivity contribution in [3.63, 3.8) is 0 Å². The molecule has 0 saturated heterocycles. The minimum absolute atomic E-state index is 0.176. The Labute approximate surface area is 118 Å². The molecule has 0 aliphatic rings. The summed E-state index contributed by atoms with van der Waals surface area (Å²) in [6.07, 6.45) is -3.55. The molecule has 0 aliphatic heterocycles. The molecule has 0 bridgehead atoms. The van der Waals surface area contributed by atoms with Gasteiger partial charge in [0.2, 0.25) is 0 Å². The number of nitrogen functional groups attached to an aromatic ring is 1. The molecule has 2 aromatic rings. The number of aromatic nitrogens is 1. The zero-order valence-electron chi connectivity index (χ0n) is 11.0. The van der Waals surface area contributed by atoms with E-state index in [1.165, 1.54) is 0 Å². The van der Waals surface area contributed by atoms with Crippen LogP contribution >= 0.6 is 0 Å². The van der Waals surface area contributed by atoms with Gasteiger partial charge in [-0.1, -0.05) is 6.07 Å². The number of pyridine rings is 1. The average Bonchev–Trinajstić information content (AvgIpc) is 2.41. The molecule has 0 aliphatic carbocycles. The standard InChI is InChI=1S/C14H12F3N3O/c1-8-10(3-2-4-11(8)18)13(21)20-9-5-6-12(19-7-9)14(15,16)17/h2-7H,18H2,1H3,(H,20,21). The second kappa shape index (κ2) is 5.43. The molecule has 0 radical (unpaired) electrons. The summed E-state index contributed by atoms with van der Waals surface area (Å²) in [6.45, 7) is 1.69. The summed E-state index contributed by atoms with van der Waals surface area (Å²) in [6, 6.07) is 6.82. The number of carbonyl (C=O) groups is 1. The molecule has 0 saturated carbocycles. The molecule has 0 atom stereocenters. The highest BCUT2D eigenvalue weighted by Gasteiger charge is 2.32. The molecular formula is C14H12F3N3O. The summed E-state index contributed by atoms with van der Waals surface area (Å²) in [4.78, 5) is 15.3. The van der Waals surface area contributed by atoms with Gasteiger partial charge in [0, 0.05) is 11.3 Å². The molecule has 110 valence electrons. The van der Waals surface area contributed by atoms with Gasteiger partial charge in [0.15, 0.2) is 0 Å². The molecule has 0 fully saturated rings. The number of amides is 1. The Morgan fingerprint density at radius 1 is 1.24 bits per heavy atom. The van der Waals surface area contributed by atoms with Gasteiger partial charge in [-0.3, -0.25) is 4.79 Å². The van der Waals surface area contributed by atoms with Crippen LogP contribution in [0.25, 0.3) is 0 Å². The number of nitrogens with two attached hydrogens (primary N) is 1. The summed E-state index contributed by atoms with van der Waals surface area (Å²) in [5, 5.41) is 2.48. The van der Waals surface area contributed by atoms with Crippen LogP contribution < -0.4 is 11.1 Å². The van der Waals surface area contributed by atoms with Gasteiger partial charge in [0.05, 0.1) is 11.9 Å². The van der Waals surface area contributed by atoms with Crippen molar-refractivity contribution in [1.82, 2.24) is 4.98 Å². The third-order valence-electron chi connectivity index (χ3n) is 2.93. The maximum atomic E-state index is 12.4. The van der Waals surface area contributed by atoms with Crippen LogP contribution in [0.1, 0.15) is 21.6 Å². The Morgan fingerprint density at radius 2 is 1.95 bits per heavy atom. The number of nitrogens with one attached hydrogen (secondary N) is 1. The van der Waals surface area contributed by atoms with Crippen molar-refractivity contribution in [3.8, 4) is 0 Å². The van der Waals surface area contributed by atoms with Gasteiger partial charge in [-0.2, -0.15) is 13.2 Å². The zero-order chi connectivity index (χ0) is 15.6. The average molecular weight is 295 g/mol. The number of carbonyl (C=O) groups excluding carboxylic acids is 1. The number of hydrogen-bond acceptors (Lipinski definition) is 3. The van der Waals surface area contributed by atoms with Crippen LogP contribution in [0.5, 0.6) is 0 Å². The summed E-state index contributed by atoms with van der Waals surface area (Å²) in [5.41, 5.74) is 6.29. The first-order valence-corrected chi connectivity index (χ1v) is 5.98. The Balaban J connectivity index is 2.18. The molecule has 1 amide bonds. The molecule has 4 nitrogen and oxygen atoms in total. The second-order valence-corrected chi connectivity index (χ2v) is 4.40. The first-order valence-electron chi connectivity index (χ1n) is 5.98. The fourth-order valence-electron chi connectivity index (χ4n) is 1.73. The lowest BCUT2D eigenvalue weighted by atomic mass is 10.1. The predicted octanol–water partition coefficient (Wildman–Crippen LogP) is 3.24. The minimum Gasteiger partial charge on any atom is -0.398 e. The van der Waals surface area contributed by atoms with Crippen molar-refractivity contribution in [1.29, 1.82) is 0 Å². The van der Waals surface area contributed by atoms with E-state index in [-0.39, 0.29) is 5.69 Å². The van der Waals surface area contributed by atoms with Crippen LogP contribution in [0.2, 0.25) is 0 Å². The van der Waals surface area contributed by atoms with E-state index in [1.54, 1.807) is 25.1 Å². The van der Waals surface area contributed by atoms with E-state index in [0.717, 1.165) is 18.3 Å². The Morgan fingerprint density at radius 3 is 2.52 bits per heavy atom. The van der Waals surface area contributed by atoms with Crippen molar-refractivity contribution < 1.29 is 18.0 Å². The second-order valence-electron chi connectivity index (χ2n) is 4.40. The third-order valence-corrected chi connectivity index (χ3v) is 2.93. The molecule has 2 rings (SSSR count). The molecule has 0 spiro atoms. The number of hydrogen-bond donors (Lipinski definition) is 2. The van der Waals surface area contributed by atoms with E-state index >= 15 is 0 Å². The summed E-state index contributed by atoms with van der Waals surface area (Å²) in [5.74, 6) is -0.457. The molecule has 3 N–H and O–H groups in total. The Hall–Kier alpha value is -2.57. The number of anilines is 2. The van der Waals surface area contributed by atoms with Crippen LogP contribution in [0.4, 0.5) is 24.5 Å². The van der Waals surface area contributed by atoms with Gasteiger partial charge in [0.1, 0.15) is 5.69 Å². The van der Waals surface area contributed by atoms with Crippen LogP contribution in [0.3, 0.4) is 0 Å². The van der Waals surface area contributed by atoms with E-state index in [2.05, 4.69) is 10.3 Å². The van der Waals surface area contributed by atoms with Crippen molar-refractivity contribution >= 4 is 17.3 Å². The van der Waals surface area contributed by atoms with E-state index in [4.69, 9.17) is 5.73 Å². The molecule has 21 heavy (non-hydrogen) atoms. The molecule has 1 heterocycles. The van der Waals surface area contributed by atoms with Crippen molar-refractivity contribution in [2.24, 2.45) is 0 Å². The maximum absolute atomic E-state index is 12.4. The molecule has 0 unspecified atom stereocenters. The Kier molecular flexibility index (Phi) is 3.84. The summed E-state index contributed by atoms with van der Waals surface area (Å²) < 4.78 is 37.1. The number of benzene rings is 1. The normalized spacial score (nSPS) is 11.2. The van der Waals surface area contributed by atoms with Crippen LogP contribution in [0.15, 0.2) is 36.5 Å². The van der Waals surface area contributed by atoms with E-state index in [9.17, 15) is 18.0 Å². The van der Waals surface area contributed by atoms with E-state index in [1.807, 2.05) is 0 Å². The van der Waals surface area contributed by atoms with Gasteiger partial charge in [0.25, 0.3) is 5.91 Å². The van der Waals surface area contributed by atoms with Gasteiger partial charge < -0.3 is 11.1 Å². The first kappa shape index (κ1) is 14.8. The number of rotatable bonds is 2.